The van der Waals surface area contributed by atoms with Crippen LogP contribution in [0.1, 0.15) is 0 Å². The molecule has 0 saturated carbocycles. The summed E-state index contributed by atoms with van der Waals surface area (Å²) in [5.74, 6) is 1.24. The molecular formula is C22H26BrFN4O4. The molecule has 0 atom stereocenters. The van der Waals surface area contributed by atoms with Gasteiger partial charge in [0.25, 0.3) is 0 Å². The topological polar surface area (TPSA) is 115 Å². The van der Waals surface area contributed by atoms with Crippen molar-refractivity contribution in [2.24, 2.45) is 0 Å². The lowest BCUT2D eigenvalue weighted by Crippen LogP contribution is -2.13. The van der Waals surface area contributed by atoms with Gasteiger partial charge in [-0.25, -0.2) is 14.4 Å². The molecule has 0 radical (unpaired) electrons. The first kappa shape index (κ1) is 24.1. The van der Waals surface area contributed by atoms with Crippen molar-refractivity contribution < 1.29 is 23.3 Å². The largest absolute Gasteiger partial charge is 0.488 e. The molecule has 0 fully saturated rings. The number of rotatable bonds is 13. The van der Waals surface area contributed by atoms with Crippen LogP contribution in [-0.4, -0.2) is 62.9 Å². The molecule has 0 aliphatic carbocycles. The van der Waals surface area contributed by atoms with E-state index >= 15 is 0 Å². The van der Waals surface area contributed by atoms with Crippen molar-refractivity contribution in [3.8, 4) is 17.1 Å². The molecule has 8 nitrogen and oxygen atoms in total. The molecule has 0 aliphatic rings. The SMILES string of the molecule is Nc1ccc2nc(-c3cccc(Br)c3)nc(N)c2c1OCCOCCOCCOCCF. The lowest BCUT2D eigenvalue weighted by Gasteiger charge is -2.14. The Kier molecular flexibility index (Phi) is 9.42. The van der Waals surface area contributed by atoms with Gasteiger partial charge in [-0.3, -0.25) is 0 Å². The molecule has 10 heteroatoms. The van der Waals surface area contributed by atoms with Crippen LogP contribution >= 0.6 is 15.9 Å². The third-order valence-corrected chi connectivity index (χ3v) is 4.89. The molecule has 2 aromatic carbocycles. The van der Waals surface area contributed by atoms with Crippen LogP contribution < -0.4 is 16.2 Å². The maximum atomic E-state index is 11.9. The van der Waals surface area contributed by atoms with Gasteiger partial charge in [-0.2, -0.15) is 0 Å². The molecule has 3 aromatic rings. The van der Waals surface area contributed by atoms with E-state index in [1.165, 1.54) is 0 Å². The summed E-state index contributed by atoms with van der Waals surface area (Å²) in [7, 11) is 0. The zero-order chi connectivity index (χ0) is 22.8. The number of fused-ring (bicyclic) bond motifs is 1. The van der Waals surface area contributed by atoms with Gasteiger partial charge in [0.1, 0.15) is 19.1 Å². The number of halogens is 2. The lowest BCUT2D eigenvalue weighted by atomic mass is 10.1. The minimum atomic E-state index is -0.492. The molecule has 1 aromatic heterocycles. The lowest BCUT2D eigenvalue weighted by molar-refractivity contribution is 0.00761. The van der Waals surface area contributed by atoms with Crippen molar-refractivity contribution >= 4 is 38.3 Å². The van der Waals surface area contributed by atoms with Crippen LogP contribution in [0.5, 0.6) is 5.75 Å². The maximum absolute atomic E-state index is 11.9. The van der Waals surface area contributed by atoms with Gasteiger partial charge in [-0.05, 0) is 24.3 Å². The fraction of sp³-hybridized carbons (Fsp3) is 0.364. The van der Waals surface area contributed by atoms with Gasteiger partial charge in [-0.1, -0.05) is 28.1 Å². The number of hydrogen-bond donors (Lipinski definition) is 2. The van der Waals surface area contributed by atoms with Crippen molar-refractivity contribution in [1.82, 2.24) is 9.97 Å². The molecule has 3 rings (SSSR count). The van der Waals surface area contributed by atoms with E-state index in [2.05, 4.69) is 25.9 Å². The number of aromatic nitrogens is 2. The van der Waals surface area contributed by atoms with Crippen molar-refractivity contribution in [2.45, 2.75) is 0 Å². The molecule has 0 spiro atoms. The number of ether oxygens (including phenoxy) is 4. The number of nitrogens with two attached hydrogens (primary N) is 2. The Balaban J connectivity index is 1.56. The number of alkyl halides is 1. The summed E-state index contributed by atoms with van der Waals surface area (Å²) in [6.45, 7) is 1.79. The molecule has 172 valence electrons. The number of nitrogen functional groups attached to an aromatic ring is 2. The van der Waals surface area contributed by atoms with Gasteiger partial charge < -0.3 is 30.4 Å². The van der Waals surface area contributed by atoms with Crippen LogP contribution in [0, 0.1) is 0 Å². The van der Waals surface area contributed by atoms with Crippen molar-refractivity contribution in [2.75, 3.05) is 64.4 Å². The predicted octanol–water partition coefficient (Wildman–Crippen LogP) is 3.62. The van der Waals surface area contributed by atoms with Gasteiger partial charge in [0.2, 0.25) is 0 Å². The standard InChI is InChI=1S/C22H26BrFN4O4/c23-16-3-1-2-15(14-16)22-27-18-5-4-17(25)20(19(18)21(26)28-22)32-13-12-31-11-10-30-9-8-29-7-6-24/h1-5,14H,6-13,25H2,(H2,26,27,28). The molecular weight excluding hydrogens is 483 g/mol. The average molecular weight is 509 g/mol. The monoisotopic (exact) mass is 508 g/mol. The van der Waals surface area contributed by atoms with Crippen molar-refractivity contribution in [3.05, 3.63) is 40.9 Å². The van der Waals surface area contributed by atoms with E-state index in [9.17, 15) is 4.39 Å². The van der Waals surface area contributed by atoms with Crippen LogP contribution in [-0.2, 0) is 14.2 Å². The number of benzene rings is 2. The first-order valence-electron chi connectivity index (χ1n) is 10.1. The van der Waals surface area contributed by atoms with Crippen LogP contribution in [0.3, 0.4) is 0 Å². The second-order valence-corrected chi connectivity index (χ2v) is 7.61. The molecule has 0 amide bonds. The molecule has 4 N–H and O–H groups in total. The second kappa shape index (κ2) is 12.5. The van der Waals surface area contributed by atoms with Gasteiger partial charge in [0, 0.05) is 10.0 Å². The highest BCUT2D eigenvalue weighted by Gasteiger charge is 2.15. The van der Waals surface area contributed by atoms with Crippen LogP contribution in [0.4, 0.5) is 15.9 Å². The van der Waals surface area contributed by atoms with E-state index in [0.717, 1.165) is 10.0 Å². The third-order valence-electron chi connectivity index (χ3n) is 4.40. The highest BCUT2D eigenvalue weighted by atomic mass is 79.9. The van der Waals surface area contributed by atoms with Crippen molar-refractivity contribution in [1.29, 1.82) is 0 Å². The highest BCUT2D eigenvalue weighted by Crippen LogP contribution is 2.35. The van der Waals surface area contributed by atoms with Gasteiger partial charge in [0.05, 0.1) is 56.2 Å². The molecule has 32 heavy (non-hydrogen) atoms. The number of nitrogens with zero attached hydrogens (tertiary/aromatic N) is 2. The minimum Gasteiger partial charge on any atom is -0.488 e. The number of anilines is 2. The maximum Gasteiger partial charge on any atom is 0.162 e. The fourth-order valence-corrected chi connectivity index (χ4v) is 3.35. The van der Waals surface area contributed by atoms with Crippen LogP contribution in [0.15, 0.2) is 40.9 Å². The summed E-state index contributed by atoms with van der Waals surface area (Å²) in [5, 5.41) is 0.570. The van der Waals surface area contributed by atoms with E-state index in [4.69, 9.17) is 30.4 Å². The van der Waals surface area contributed by atoms with E-state index < -0.39 is 6.67 Å². The molecule has 0 saturated heterocycles. The summed E-state index contributed by atoms with van der Waals surface area (Å²) in [6.07, 6.45) is 0. The summed E-state index contributed by atoms with van der Waals surface area (Å²) in [5.41, 5.74) is 14.3. The first-order chi connectivity index (χ1) is 15.6. The van der Waals surface area contributed by atoms with Crippen molar-refractivity contribution in [3.63, 3.8) is 0 Å². The molecule has 0 aliphatic heterocycles. The van der Waals surface area contributed by atoms with Gasteiger partial charge in [-0.15, -0.1) is 0 Å². The van der Waals surface area contributed by atoms with Crippen LogP contribution in [0.2, 0.25) is 0 Å². The first-order valence-corrected chi connectivity index (χ1v) is 10.9. The Bertz CT molecular complexity index is 1020. The van der Waals surface area contributed by atoms with E-state index in [1.54, 1.807) is 12.1 Å². The van der Waals surface area contributed by atoms with E-state index in [1.807, 2.05) is 24.3 Å². The average Bonchev–Trinajstić information content (AvgIpc) is 2.78. The Labute approximate surface area is 194 Å². The van der Waals surface area contributed by atoms with Gasteiger partial charge >= 0.3 is 0 Å². The fourth-order valence-electron chi connectivity index (χ4n) is 2.95. The summed E-state index contributed by atoms with van der Waals surface area (Å²) in [6, 6.07) is 11.2. The minimum absolute atomic E-state index is 0.0927. The Hall–Kier alpha value is -2.53. The zero-order valence-corrected chi connectivity index (χ0v) is 19.1. The molecule has 1 heterocycles. The predicted molar refractivity (Wildman–Crippen MR) is 125 cm³/mol. The summed E-state index contributed by atoms with van der Waals surface area (Å²) in [4.78, 5) is 9.08. The van der Waals surface area contributed by atoms with E-state index in [0.29, 0.717) is 61.2 Å². The molecule has 0 unspecified atom stereocenters. The highest BCUT2D eigenvalue weighted by molar-refractivity contribution is 9.10. The summed E-state index contributed by atoms with van der Waals surface area (Å²) < 4.78 is 34.5. The zero-order valence-electron chi connectivity index (χ0n) is 17.6. The molecule has 0 bridgehead atoms. The quantitative estimate of drug-likeness (QED) is 0.265. The Morgan fingerprint density at radius 1 is 0.844 bits per heavy atom. The van der Waals surface area contributed by atoms with Gasteiger partial charge in [0.15, 0.2) is 11.6 Å². The van der Waals surface area contributed by atoms with E-state index in [-0.39, 0.29) is 19.0 Å². The van der Waals surface area contributed by atoms with Crippen LogP contribution in [0.25, 0.3) is 22.3 Å². The summed E-state index contributed by atoms with van der Waals surface area (Å²) >= 11 is 3.46. The smallest absolute Gasteiger partial charge is 0.162 e. The third kappa shape index (κ3) is 6.73. The second-order valence-electron chi connectivity index (χ2n) is 6.70. The Morgan fingerprint density at radius 2 is 1.53 bits per heavy atom. The normalized spacial score (nSPS) is 11.2. The number of hydrogen-bond acceptors (Lipinski definition) is 8. The Morgan fingerprint density at radius 3 is 2.22 bits per heavy atom.